The van der Waals surface area contributed by atoms with E-state index in [2.05, 4.69) is 61.3 Å². The fourth-order valence-electron chi connectivity index (χ4n) is 4.08. The van der Waals surface area contributed by atoms with Crippen LogP contribution in [0.15, 0.2) is 72.4 Å². The standard InChI is InChI=1S/C27H28ClN3OS/c1-17(15-19-7-6-14-29-16-19)31-18(2)24-22(28)12-13-23(25(24)26(31)32)30-33-21-10-8-20(9-11-21)27(3,4)5/h6-14,16-17,30H,2,15H2,1,3-5H3. The fraction of sp³-hybridized carbons (Fsp3) is 0.259. The molecule has 1 aliphatic heterocycles. The van der Waals surface area contributed by atoms with E-state index in [1.54, 1.807) is 11.1 Å². The Bertz CT molecular complexity index is 1190. The van der Waals surface area contributed by atoms with Gasteiger partial charge in [-0.25, -0.2) is 0 Å². The molecule has 1 unspecified atom stereocenters. The molecule has 0 radical (unpaired) electrons. The Morgan fingerprint density at radius 3 is 2.48 bits per heavy atom. The molecule has 0 fully saturated rings. The summed E-state index contributed by atoms with van der Waals surface area (Å²) in [5, 5.41) is 0.532. The molecule has 2 heterocycles. The van der Waals surface area contributed by atoms with Gasteiger partial charge >= 0.3 is 0 Å². The zero-order valence-electron chi connectivity index (χ0n) is 19.4. The van der Waals surface area contributed by atoms with Crippen molar-refractivity contribution in [2.75, 3.05) is 4.72 Å². The maximum absolute atomic E-state index is 13.5. The van der Waals surface area contributed by atoms with E-state index in [1.165, 1.54) is 17.5 Å². The van der Waals surface area contributed by atoms with E-state index in [0.29, 0.717) is 28.3 Å². The van der Waals surface area contributed by atoms with E-state index in [-0.39, 0.29) is 17.4 Å². The zero-order chi connectivity index (χ0) is 23.8. The number of nitrogens with zero attached hydrogens (tertiary/aromatic N) is 2. The lowest BCUT2D eigenvalue weighted by Crippen LogP contribution is -2.34. The van der Waals surface area contributed by atoms with Gasteiger partial charge in [-0.2, -0.15) is 0 Å². The third-order valence-corrected chi connectivity index (χ3v) is 7.01. The lowest BCUT2D eigenvalue weighted by atomic mass is 9.87. The third kappa shape index (κ3) is 4.80. The summed E-state index contributed by atoms with van der Waals surface area (Å²) in [4.78, 5) is 20.5. The van der Waals surface area contributed by atoms with Crippen LogP contribution < -0.4 is 4.72 Å². The molecule has 1 N–H and O–H groups in total. The number of halogens is 1. The maximum atomic E-state index is 13.5. The van der Waals surface area contributed by atoms with Crippen LogP contribution in [0.25, 0.3) is 5.70 Å². The molecule has 4 nitrogen and oxygen atoms in total. The predicted molar refractivity (Wildman–Crippen MR) is 139 cm³/mol. The second kappa shape index (κ2) is 9.24. The molecule has 33 heavy (non-hydrogen) atoms. The van der Waals surface area contributed by atoms with E-state index in [9.17, 15) is 4.79 Å². The molecule has 0 saturated carbocycles. The van der Waals surface area contributed by atoms with Gasteiger partial charge in [0.25, 0.3) is 5.91 Å². The molecule has 3 aromatic rings. The van der Waals surface area contributed by atoms with Crippen LogP contribution in [-0.4, -0.2) is 21.8 Å². The van der Waals surface area contributed by atoms with Crippen LogP contribution >= 0.6 is 23.5 Å². The second-order valence-electron chi connectivity index (χ2n) is 9.36. The minimum atomic E-state index is -0.0833. The minimum absolute atomic E-state index is 0.0805. The predicted octanol–water partition coefficient (Wildman–Crippen LogP) is 7.21. The Hall–Kier alpha value is -2.76. The molecule has 4 rings (SSSR count). The topological polar surface area (TPSA) is 45.2 Å². The number of fused-ring (bicyclic) bond motifs is 1. The molecular weight excluding hydrogens is 450 g/mol. The van der Waals surface area contributed by atoms with Crippen molar-refractivity contribution in [3.63, 3.8) is 0 Å². The van der Waals surface area contributed by atoms with Crippen molar-refractivity contribution in [3.8, 4) is 0 Å². The monoisotopic (exact) mass is 477 g/mol. The van der Waals surface area contributed by atoms with Gasteiger partial charge in [0, 0.05) is 34.6 Å². The van der Waals surface area contributed by atoms with Gasteiger partial charge < -0.3 is 9.62 Å². The highest BCUT2D eigenvalue weighted by Gasteiger charge is 2.38. The molecule has 0 aliphatic carbocycles. The van der Waals surface area contributed by atoms with Gasteiger partial charge in [0.1, 0.15) is 0 Å². The number of anilines is 1. The van der Waals surface area contributed by atoms with Gasteiger partial charge in [-0.15, -0.1) is 0 Å². The van der Waals surface area contributed by atoms with Gasteiger partial charge in [-0.05, 0) is 72.2 Å². The molecule has 0 bridgehead atoms. The number of rotatable bonds is 6. The summed E-state index contributed by atoms with van der Waals surface area (Å²) in [5.74, 6) is -0.0833. The first kappa shape index (κ1) is 23.4. The first-order chi connectivity index (χ1) is 15.7. The normalized spacial score (nSPS) is 14.4. The molecule has 0 spiro atoms. The molecule has 1 atom stereocenters. The van der Waals surface area contributed by atoms with Gasteiger partial charge in [-0.3, -0.25) is 9.78 Å². The quantitative estimate of drug-likeness (QED) is 0.381. The summed E-state index contributed by atoms with van der Waals surface area (Å²) in [5.41, 5.74) is 5.11. The van der Waals surface area contributed by atoms with Crippen molar-refractivity contribution in [1.82, 2.24) is 9.88 Å². The fourth-order valence-corrected chi connectivity index (χ4v) is 5.02. The largest absolute Gasteiger partial charge is 0.325 e. The first-order valence-electron chi connectivity index (χ1n) is 10.9. The maximum Gasteiger partial charge on any atom is 0.261 e. The van der Waals surface area contributed by atoms with Crippen molar-refractivity contribution < 1.29 is 4.79 Å². The van der Waals surface area contributed by atoms with Crippen LogP contribution in [0.1, 0.15) is 54.7 Å². The van der Waals surface area contributed by atoms with E-state index in [0.717, 1.165) is 16.1 Å². The number of hydrogen-bond donors (Lipinski definition) is 1. The highest BCUT2D eigenvalue weighted by atomic mass is 35.5. The number of aromatic nitrogens is 1. The Morgan fingerprint density at radius 2 is 1.85 bits per heavy atom. The smallest absolute Gasteiger partial charge is 0.261 e. The average Bonchev–Trinajstić information content (AvgIpc) is 3.05. The number of carbonyl (C=O) groups is 1. The van der Waals surface area contributed by atoms with Gasteiger partial charge in [0.05, 0.1) is 16.3 Å². The van der Waals surface area contributed by atoms with Crippen LogP contribution in [0.4, 0.5) is 5.69 Å². The molecular formula is C27H28ClN3OS. The van der Waals surface area contributed by atoms with E-state index >= 15 is 0 Å². The van der Waals surface area contributed by atoms with Crippen molar-refractivity contribution in [2.45, 2.75) is 50.5 Å². The SMILES string of the molecule is C=C1c2c(Cl)ccc(NSc3ccc(C(C)(C)C)cc3)c2C(=O)N1C(C)Cc1cccnc1. The van der Waals surface area contributed by atoms with Gasteiger partial charge in [0.2, 0.25) is 0 Å². The third-order valence-electron chi connectivity index (χ3n) is 5.86. The van der Waals surface area contributed by atoms with Crippen LogP contribution in [0.5, 0.6) is 0 Å². The number of benzene rings is 2. The Labute approximate surface area is 205 Å². The van der Waals surface area contributed by atoms with E-state index in [4.69, 9.17) is 11.6 Å². The van der Waals surface area contributed by atoms with Crippen LogP contribution in [0.3, 0.4) is 0 Å². The van der Waals surface area contributed by atoms with Crippen LogP contribution in [0.2, 0.25) is 5.02 Å². The molecule has 1 aromatic heterocycles. The van der Waals surface area contributed by atoms with Crippen molar-refractivity contribution in [1.29, 1.82) is 0 Å². The zero-order valence-corrected chi connectivity index (χ0v) is 20.9. The number of nitrogens with one attached hydrogen (secondary N) is 1. The number of amides is 1. The molecule has 6 heteroatoms. The summed E-state index contributed by atoms with van der Waals surface area (Å²) >= 11 is 8.00. The van der Waals surface area contributed by atoms with Crippen molar-refractivity contribution in [2.24, 2.45) is 0 Å². The molecule has 0 saturated heterocycles. The van der Waals surface area contributed by atoms with Crippen LogP contribution in [0, 0.1) is 0 Å². The summed E-state index contributed by atoms with van der Waals surface area (Å²) in [6.07, 6.45) is 4.26. The summed E-state index contributed by atoms with van der Waals surface area (Å²) in [6, 6.07) is 16.0. The van der Waals surface area contributed by atoms with E-state index < -0.39 is 0 Å². The van der Waals surface area contributed by atoms with Gasteiger partial charge in [0.15, 0.2) is 0 Å². The van der Waals surface area contributed by atoms with Crippen LogP contribution in [-0.2, 0) is 11.8 Å². The van der Waals surface area contributed by atoms with Gasteiger partial charge in [-0.1, -0.05) is 57.2 Å². The highest BCUT2D eigenvalue weighted by molar-refractivity contribution is 8.00. The van der Waals surface area contributed by atoms with E-state index in [1.807, 2.05) is 37.4 Å². The number of pyridine rings is 1. The summed E-state index contributed by atoms with van der Waals surface area (Å²) in [6.45, 7) is 12.8. The minimum Gasteiger partial charge on any atom is -0.325 e. The Kier molecular flexibility index (Phi) is 6.55. The van der Waals surface area contributed by atoms with Crippen molar-refractivity contribution in [3.05, 3.63) is 94.8 Å². The van der Waals surface area contributed by atoms with Crippen molar-refractivity contribution >= 4 is 40.8 Å². The Morgan fingerprint density at radius 1 is 1.12 bits per heavy atom. The molecule has 1 amide bonds. The lowest BCUT2D eigenvalue weighted by Gasteiger charge is -2.25. The summed E-state index contributed by atoms with van der Waals surface area (Å²) < 4.78 is 3.37. The molecule has 170 valence electrons. The summed E-state index contributed by atoms with van der Waals surface area (Å²) in [7, 11) is 0. The molecule has 1 aliphatic rings. The average molecular weight is 478 g/mol. The number of hydrogen-bond acceptors (Lipinski definition) is 4. The highest BCUT2D eigenvalue weighted by Crippen LogP contribution is 2.43. The number of carbonyl (C=O) groups excluding carboxylic acids is 1. The Balaban J connectivity index is 1.56. The first-order valence-corrected chi connectivity index (χ1v) is 12.1. The lowest BCUT2D eigenvalue weighted by molar-refractivity contribution is 0.0813. The molecule has 2 aromatic carbocycles. The second-order valence-corrected chi connectivity index (χ2v) is 10.6.